The van der Waals surface area contributed by atoms with Crippen molar-refractivity contribution in [1.82, 2.24) is 14.5 Å². The largest absolute Gasteiger partial charge is 0.398 e. The van der Waals surface area contributed by atoms with E-state index in [1.165, 1.54) is 0 Å². The molecule has 1 aliphatic rings. The number of aromatic nitrogens is 2. The molecule has 0 unspecified atom stereocenters. The van der Waals surface area contributed by atoms with Gasteiger partial charge in [-0.1, -0.05) is 11.6 Å². The molecule has 1 amide bonds. The number of halogens is 1. The van der Waals surface area contributed by atoms with Crippen LogP contribution in [0.5, 0.6) is 0 Å². The van der Waals surface area contributed by atoms with Gasteiger partial charge in [0.2, 0.25) is 0 Å². The second-order valence-electron chi connectivity index (χ2n) is 5.35. The van der Waals surface area contributed by atoms with E-state index in [0.29, 0.717) is 28.9 Å². The molecule has 2 N–H and O–H groups in total. The maximum absolute atomic E-state index is 12.7. The summed E-state index contributed by atoms with van der Waals surface area (Å²) >= 11 is 6.01. The van der Waals surface area contributed by atoms with Gasteiger partial charge in [-0.25, -0.2) is 4.98 Å². The van der Waals surface area contributed by atoms with E-state index in [9.17, 15) is 4.79 Å². The number of nitrogens with zero attached hydrogens (tertiary/aromatic N) is 3. The zero-order valence-electron chi connectivity index (χ0n) is 11.8. The van der Waals surface area contributed by atoms with Crippen molar-refractivity contribution in [2.24, 2.45) is 7.05 Å². The van der Waals surface area contributed by atoms with Crippen molar-refractivity contribution in [3.05, 3.63) is 47.0 Å². The van der Waals surface area contributed by atoms with E-state index in [1.54, 1.807) is 24.4 Å². The highest BCUT2D eigenvalue weighted by Crippen LogP contribution is 2.30. The first-order valence-corrected chi connectivity index (χ1v) is 7.26. The van der Waals surface area contributed by atoms with Gasteiger partial charge in [-0.3, -0.25) is 4.79 Å². The Balaban J connectivity index is 1.85. The van der Waals surface area contributed by atoms with Crippen LogP contribution in [-0.2, 0) is 13.6 Å². The molecule has 1 aliphatic carbocycles. The lowest BCUT2D eigenvalue weighted by molar-refractivity contribution is 0.0724. The normalized spacial score (nSPS) is 14.2. The molecule has 110 valence electrons. The average Bonchev–Trinajstić information content (AvgIpc) is 3.22. The minimum absolute atomic E-state index is 0.0256. The van der Waals surface area contributed by atoms with Crippen LogP contribution >= 0.6 is 11.6 Å². The van der Waals surface area contributed by atoms with Crippen LogP contribution in [0.25, 0.3) is 0 Å². The number of carbonyl (C=O) groups is 1. The number of amides is 1. The molecular weight excluding hydrogens is 288 g/mol. The highest BCUT2D eigenvalue weighted by Gasteiger charge is 2.33. The number of rotatable bonds is 4. The van der Waals surface area contributed by atoms with Crippen molar-refractivity contribution in [3.63, 3.8) is 0 Å². The summed E-state index contributed by atoms with van der Waals surface area (Å²) in [5, 5.41) is 0.411. The first kappa shape index (κ1) is 13.9. The molecule has 0 bridgehead atoms. The Morgan fingerprint density at radius 2 is 2.29 bits per heavy atom. The SMILES string of the molecule is Cn1ccnc1CN(C(=O)c1ccc(N)c(Cl)c1)C1CC1. The molecule has 0 radical (unpaired) electrons. The molecule has 3 rings (SSSR count). The second-order valence-corrected chi connectivity index (χ2v) is 5.76. The standard InChI is InChI=1S/C15H17ClN4O/c1-19-7-6-18-14(19)9-20(11-3-4-11)15(21)10-2-5-13(17)12(16)8-10/h2,5-8,11H,3-4,9,17H2,1H3. The van der Waals surface area contributed by atoms with E-state index in [-0.39, 0.29) is 5.91 Å². The van der Waals surface area contributed by atoms with Gasteiger partial charge in [0.25, 0.3) is 5.91 Å². The van der Waals surface area contributed by atoms with E-state index < -0.39 is 0 Å². The predicted octanol–water partition coefficient (Wildman–Crippen LogP) is 2.46. The van der Waals surface area contributed by atoms with Crippen molar-refractivity contribution in [1.29, 1.82) is 0 Å². The molecule has 2 aromatic rings. The van der Waals surface area contributed by atoms with Crippen molar-refractivity contribution in [2.75, 3.05) is 5.73 Å². The van der Waals surface area contributed by atoms with Crippen LogP contribution in [0.2, 0.25) is 5.02 Å². The Hall–Kier alpha value is -2.01. The van der Waals surface area contributed by atoms with Gasteiger partial charge >= 0.3 is 0 Å². The van der Waals surface area contributed by atoms with Crippen LogP contribution < -0.4 is 5.73 Å². The molecule has 1 aromatic carbocycles. The Morgan fingerprint density at radius 3 is 2.86 bits per heavy atom. The Labute approximate surface area is 128 Å². The summed E-state index contributed by atoms with van der Waals surface area (Å²) in [4.78, 5) is 18.9. The number of benzene rings is 1. The van der Waals surface area contributed by atoms with Gasteiger partial charge in [-0.2, -0.15) is 0 Å². The molecule has 1 saturated carbocycles. The summed E-state index contributed by atoms with van der Waals surface area (Å²) in [5.41, 5.74) is 6.74. The quantitative estimate of drug-likeness (QED) is 0.883. The predicted molar refractivity (Wildman–Crippen MR) is 82.0 cm³/mol. The number of carbonyl (C=O) groups excluding carboxylic acids is 1. The molecule has 1 fully saturated rings. The fourth-order valence-electron chi connectivity index (χ4n) is 2.28. The number of aryl methyl sites for hydroxylation is 1. The van der Waals surface area contributed by atoms with Crippen LogP contribution in [0.1, 0.15) is 29.0 Å². The minimum atomic E-state index is -0.0256. The summed E-state index contributed by atoms with van der Waals surface area (Å²) in [5.74, 6) is 0.846. The molecule has 1 heterocycles. The van der Waals surface area contributed by atoms with Crippen molar-refractivity contribution in [2.45, 2.75) is 25.4 Å². The van der Waals surface area contributed by atoms with E-state index in [0.717, 1.165) is 18.7 Å². The lowest BCUT2D eigenvalue weighted by Gasteiger charge is -2.22. The average molecular weight is 305 g/mol. The second kappa shape index (κ2) is 5.41. The lowest BCUT2D eigenvalue weighted by Crippen LogP contribution is -2.33. The molecule has 0 atom stereocenters. The molecule has 21 heavy (non-hydrogen) atoms. The lowest BCUT2D eigenvalue weighted by atomic mass is 10.1. The summed E-state index contributed by atoms with van der Waals surface area (Å²) in [6.07, 6.45) is 5.70. The fraction of sp³-hybridized carbons (Fsp3) is 0.333. The van der Waals surface area contributed by atoms with Crippen LogP contribution in [0.4, 0.5) is 5.69 Å². The Morgan fingerprint density at radius 1 is 1.52 bits per heavy atom. The summed E-state index contributed by atoms with van der Waals surface area (Å²) < 4.78 is 1.93. The van der Waals surface area contributed by atoms with E-state index in [1.807, 2.05) is 22.7 Å². The molecule has 0 spiro atoms. The van der Waals surface area contributed by atoms with Gasteiger partial charge in [0.1, 0.15) is 5.82 Å². The summed E-state index contributed by atoms with van der Waals surface area (Å²) in [6, 6.07) is 5.32. The number of hydrogen-bond donors (Lipinski definition) is 1. The fourth-order valence-corrected chi connectivity index (χ4v) is 2.46. The molecular formula is C15H17ClN4O. The minimum Gasteiger partial charge on any atom is -0.398 e. The molecule has 6 heteroatoms. The molecule has 0 saturated heterocycles. The van der Waals surface area contributed by atoms with Gasteiger partial charge in [0, 0.05) is 31.0 Å². The summed E-state index contributed by atoms with van der Waals surface area (Å²) in [7, 11) is 1.93. The Kier molecular flexibility index (Phi) is 3.59. The number of imidazole rings is 1. The molecule has 0 aliphatic heterocycles. The zero-order chi connectivity index (χ0) is 15.0. The number of hydrogen-bond acceptors (Lipinski definition) is 3. The third-order valence-corrected chi connectivity index (χ3v) is 4.06. The zero-order valence-corrected chi connectivity index (χ0v) is 12.5. The van der Waals surface area contributed by atoms with Gasteiger partial charge in [0.05, 0.1) is 17.3 Å². The first-order valence-electron chi connectivity index (χ1n) is 6.88. The maximum atomic E-state index is 12.7. The number of anilines is 1. The van der Waals surface area contributed by atoms with Gasteiger partial charge in [-0.05, 0) is 31.0 Å². The Bertz CT molecular complexity index is 678. The van der Waals surface area contributed by atoms with Gasteiger partial charge in [0.15, 0.2) is 0 Å². The highest BCUT2D eigenvalue weighted by atomic mass is 35.5. The van der Waals surface area contributed by atoms with Crippen LogP contribution in [-0.4, -0.2) is 26.4 Å². The van der Waals surface area contributed by atoms with E-state index in [2.05, 4.69) is 4.98 Å². The smallest absolute Gasteiger partial charge is 0.254 e. The van der Waals surface area contributed by atoms with Gasteiger partial charge < -0.3 is 15.2 Å². The van der Waals surface area contributed by atoms with Gasteiger partial charge in [-0.15, -0.1) is 0 Å². The third kappa shape index (κ3) is 2.88. The van der Waals surface area contributed by atoms with E-state index in [4.69, 9.17) is 17.3 Å². The highest BCUT2D eigenvalue weighted by molar-refractivity contribution is 6.33. The number of nitrogens with two attached hydrogens (primary N) is 1. The van der Waals surface area contributed by atoms with Crippen molar-refractivity contribution in [3.8, 4) is 0 Å². The van der Waals surface area contributed by atoms with Crippen molar-refractivity contribution < 1.29 is 4.79 Å². The first-order chi connectivity index (χ1) is 10.1. The van der Waals surface area contributed by atoms with Crippen LogP contribution in [0, 0.1) is 0 Å². The topological polar surface area (TPSA) is 64.2 Å². The summed E-state index contributed by atoms with van der Waals surface area (Å²) in [6.45, 7) is 0.509. The monoisotopic (exact) mass is 304 g/mol. The molecule has 5 nitrogen and oxygen atoms in total. The molecule has 1 aromatic heterocycles. The van der Waals surface area contributed by atoms with Crippen LogP contribution in [0.15, 0.2) is 30.6 Å². The third-order valence-electron chi connectivity index (χ3n) is 3.73. The van der Waals surface area contributed by atoms with Crippen molar-refractivity contribution >= 4 is 23.2 Å². The maximum Gasteiger partial charge on any atom is 0.254 e. The van der Waals surface area contributed by atoms with Crippen LogP contribution in [0.3, 0.4) is 0 Å². The van der Waals surface area contributed by atoms with E-state index >= 15 is 0 Å². The number of nitrogen functional groups attached to an aromatic ring is 1.